The van der Waals surface area contributed by atoms with E-state index in [0.29, 0.717) is 19.0 Å². The Morgan fingerprint density at radius 3 is 2.45 bits per heavy atom. The van der Waals surface area contributed by atoms with Gasteiger partial charge in [0.05, 0.1) is 0 Å². The number of benzene rings is 1. The van der Waals surface area contributed by atoms with Gasteiger partial charge in [0.1, 0.15) is 0 Å². The van der Waals surface area contributed by atoms with Crippen LogP contribution in [0, 0.1) is 0 Å². The van der Waals surface area contributed by atoms with E-state index in [1.165, 1.54) is 11.1 Å². The lowest BCUT2D eigenvalue weighted by molar-refractivity contribution is 0.240. The summed E-state index contributed by atoms with van der Waals surface area (Å²) in [6, 6.07) is 14.2. The van der Waals surface area contributed by atoms with Gasteiger partial charge in [-0.2, -0.15) is 0 Å². The number of pyridine rings is 1. The Hall–Kier alpha value is -2.36. The second-order valence-electron chi connectivity index (χ2n) is 5.39. The van der Waals surface area contributed by atoms with Crippen molar-refractivity contribution in [3.63, 3.8) is 0 Å². The van der Waals surface area contributed by atoms with Gasteiger partial charge in [-0.15, -0.1) is 0 Å². The van der Waals surface area contributed by atoms with Gasteiger partial charge < -0.3 is 10.6 Å². The largest absolute Gasteiger partial charge is 0.338 e. The first kappa shape index (κ1) is 16.0. The summed E-state index contributed by atoms with van der Waals surface area (Å²) in [5.41, 5.74) is 2.48. The zero-order valence-corrected chi connectivity index (χ0v) is 13.0. The lowest BCUT2D eigenvalue weighted by atomic mass is 9.98. The fourth-order valence-electron chi connectivity index (χ4n) is 2.28. The van der Waals surface area contributed by atoms with E-state index in [4.69, 9.17) is 0 Å². The fourth-order valence-corrected chi connectivity index (χ4v) is 2.28. The fraction of sp³-hybridized carbons (Fsp3) is 0.333. The third kappa shape index (κ3) is 5.56. The van der Waals surface area contributed by atoms with Crippen molar-refractivity contribution in [1.82, 2.24) is 15.6 Å². The summed E-state index contributed by atoms with van der Waals surface area (Å²) in [5, 5.41) is 5.78. The highest BCUT2D eigenvalue weighted by Crippen LogP contribution is 2.17. The molecule has 4 heteroatoms. The maximum Gasteiger partial charge on any atom is 0.314 e. The molecule has 0 aliphatic heterocycles. The van der Waals surface area contributed by atoms with Crippen molar-refractivity contribution in [2.24, 2.45) is 0 Å². The van der Waals surface area contributed by atoms with Crippen molar-refractivity contribution < 1.29 is 4.79 Å². The molecule has 1 aromatic carbocycles. The van der Waals surface area contributed by atoms with Gasteiger partial charge in [-0.25, -0.2) is 4.79 Å². The Labute approximate surface area is 132 Å². The predicted octanol–water partition coefficient (Wildman–Crippen LogP) is 3.12. The van der Waals surface area contributed by atoms with E-state index < -0.39 is 0 Å². The van der Waals surface area contributed by atoms with E-state index in [9.17, 15) is 4.79 Å². The van der Waals surface area contributed by atoms with Crippen LogP contribution in [0.5, 0.6) is 0 Å². The molecule has 1 heterocycles. The summed E-state index contributed by atoms with van der Waals surface area (Å²) in [6.07, 6.45) is 5.28. The molecule has 0 aliphatic carbocycles. The van der Waals surface area contributed by atoms with Crippen LogP contribution in [0.25, 0.3) is 0 Å². The van der Waals surface area contributed by atoms with E-state index in [2.05, 4.69) is 34.7 Å². The molecule has 0 radical (unpaired) electrons. The SMILES string of the molecule is C[C@@H](CCNC(=O)NCCc1ccncc1)c1ccccc1. The van der Waals surface area contributed by atoms with Gasteiger partial charge in [0, 0.05) is 25.5 Å². The predicted molar refractivity (Wildman–Crippen MR) is 88.8 cm³/mol. The second-order valence-corrected chi connectivity index (χ2v) is 5.39. The summed E-state index contributed by atoms with van der Waals surface area (Å²) < 4.78 is 0. The lowest BCUT2D eigenvalue weighted by Gasteiger charge is -2.13. The van der Waals surface area contributed by atoms with Gasteiger partial charge in [0.2, 0.25) is 0 Å². The molecule has 116 valence electrons. The van der Waals surface area contributed by atoms with Crippen molar-refractivity contribution in [3.8, 4) is 0 Å². The molecule has 2 amide bonds. The molecule has 0 saturated carbocycles. The van der Waals surface area contributed by atoms with Crippen molar-refractivity contribution in [2.45, 2.75) is 25.7 Å². The highest BCUT2D eigenvalue weighted by molar-refractivity contribution is 5.73. The van der Waals surface area contributed by atoms with Gasteiger partial charge >= 0.3 is 6.03 Å². The molecular weight excluding hydrogens is 274 g/mol. The molecule has 1 atom stereocenters. The minimum absolute atomic E-state index is 0.102. The van der Waals surface area contributed by atoms with E-state index in [-0.39, 0.29) is 6.03 Å². The number of urea groups is 1. The van der Waals surface area contributed by atoms with E-state index >= 15 is 0 Å². The van der Waals surface area contributed by atoms with Crippen LogP contribution >= 0.6 is 0 Å². The number of carbonyl (C=O) groups is 1. The molecule has 22 heavy (non-hydrogen) atoms. The van der Waals surface area contributed by atoms with Crippen molar-refractivity contribution in [2.75, 3.05) is 13.1 Å². The van der Waals surface area contributed by atoms with Crippen LogP contribution in [0.2, 0.25) is 0 Å². The highest BCUT2D eigenvalue weighted by atomic mass is 16.2. The second kappa shape index (κ2) is 8.82. The quantitative estimate of drug-likeness (QED) is 0.825. The lowest BCUT2D eigenvalue weighted by Crippen LogP contribution is -2.37. The number of nitrogens with one attached hydrogen (secondary N) is 2. The van der Waals surface area contributed by atoms with E-state index in [1.807, 2.05) is 30.3 Å². The molecule has 0 saturated heterocycles. The molecule has 4 nitrogen and oxygen atoms in total. The minimum atomic E-state index is -0.102. The molecule has 0 aliphatic rings. The minimum Gasteiger partial charge on any atom is -0.338 e. The molecule has 1 aromatic heterocycles. The number of hydrogen-bond acceptors (Lipinski definition) is 2. The first-order chi connectivity index (χ1) is 10.8. The molecule has 0 unspecified atom stereocenters. The van der Waals surface area contributed by atoms with Crippen molar-refractivity contribution >= 4 is 6.03 Å². The summed E-state index contributed by atoms with van der Waals surface area (Å²) >= 11 is 0. The van der Waals surface area contributed by atoms with Gasteiger partial charge in [-0.05, 0) is 42.0 Å². The van der Waals surface area contributed by atoms with Crippen LogP contribution in [0.1, 0.15) is 30.4 Å². The number of hydrogen-bond donors (Lipinski definition) is 2. The Morgan fingerprint density at radius 1 is 1.05 bits per heavy atom. The zero-order chi connectivity index (χ0) is 15.6. The van der Waals surface area contributed by atoms with E-state index in [1.54, 1.807) is 12.4 Å². The molecule has 2 N–H and O–H groups in total. The highest BCUT2D eigenvalue weighted by Gasteiger charge is 2.05. The molecule has 0 spiro atoms. The maximum absolute atomic E-state index is 11.7. The average molecular weight is 297 g/mol. The van der Waals surface area contributed by atoms with E-state index in [0.717, 1.165) is 12.8 Å². The topological polar surface area (TPSA) is 54.0 Å². The number of nitrogens with zero attached hydrogens (tertiary/aromatic N) is 1. The Kier molecular flexibility index (Phi) is 6.42. The number of carbonyl (C=O) groups excluding carboxylic acids is 1. The van der Waals surface area contributed by atoms with Crippen molar-refractivity contribution in [1.29, 1.82) is 0 Å². The maximum atomic E-state index is 11.7. The first-order valence-electron chi connectivity index (χ1n) is 7.71. The summed E-state index contributed by atoms with van der Waals surface area (Å²) in [7, 11) is 0. The Balaban J connectivity index is 1.60. The van der Waals surface area contributed by atoms with Crippen LogP contribution in [0.15, 0.2) is 54.9 Å². The van der Waals surface area contributed by atoms with Crippen LogP contribution in [0.4, 0.5) is 4.79 Å². The number of rotatable bonds is 7. The number of amides is 2. The summed E-state index contributed by atoms with van der Waals surface area (Å²) in [6.45, 7) is 3.49. The normalized spacial score (nSPS) is 11.7. The van der Waals surface area contributed by atoms with Gasteiger partial charge in [0.25, 0.3) is 0 Å². The summed E-state index contributed by atoms with van der Waals surface area (Å²) in [4.78, 5) is 15.7. The third-order valence-corrected chi connectivity index (χ3v) is 3.68. The molecular formula is C18H23N3O. The van der Waals surface area contributed by atoms with Crippen LogP contribution < -0.4 is 10.6 Å². The third-order valence-electron chi connectivity index (χ3n) is 3.68. The number of aromatic nitrogens is 1. The monoisotopic (exact) mass is 297 g/mol. The first-order valence-corrected chi connectivity index (χ1v) is 7.71. The Morgan fingerprint density at radius 2 is 1.73 bits per heavy atom. The molecule has 0 bridgehead atoms. The molecule has 2 aromatic rings. The van der Waals surface area contributed by atoms with Crippen LogP contribution in [-0.2, 0) is 6.42 Å². The standard InChI is InChI=1S/C18H23N3O/c1-15(17-5-3-2-4-6-17)7-13-20-18(22)21-14-10-16-8-11-19-12-9-16/h2-6,8-9,11-12,15H,7,10,13-14H2,1H3,(H2,20,21,22)/t15-/m0/s1. The van der Waals surface area contributed by atoms with Gasteiger partial charge in [-0.3, -0.25) is 4.98 Å². The van der Waals surface area contributed by atoms with Gasteiger partial charge in [0.15, 0.2) is 0 Å². The molecule has 0 fully saturated rings. The average Bonchev–Trinajstić information content (AvgIpc) is 2.56. The van der Waals surface area contributed by atoms with Crippen LogP contribution in [-0.4, -0.2) is 24.1 Å². The molecule has 2 rings (SSSR count). The summed E-state index contributed by atoms with van der Waals surface area (Å²) in [5.74, 6) is 0.443. The Bertz CT molecular complexity index is 557. The van der Waals surface area contributed by atoms with Crippen LogP contribution in [0.3, 0.4) is 0 Å². The smallest absolute Gasteiger partial charge is 0.314 e. The van der Waals surface area contributed by atoms with Gasteiger partial charge in [-0.1, -0.05) is 37.3 Å². The van der Waals surface area contributed by atoms with Crippen molar-refractivity contribution in [3.05, 3.63) is 66.0 Å². The zero-order valence-electron chi connectivity index (χ0n) is 13.0.